The van der Waals surface area contributed by atoms with E-state index in [9.17, 15) is 0 Å². The molecule has 20 heavy (non-hydrogen) atoms. The number of nitrogens with one attached hydrogen (secondary N) is 1. The van der Waals surface area contributed by atoms with Crippen molar-refractivity contribution in [2.24, 2.45) is 0 Å². The van der Waals surface area contributed by atoms with Crippen molar-refractivity contribution in [2.45, 2.75) is 20.4 Å². The first-order valence-corrected chi connectivity index (χ1v) is 6.96. The number of benzene rings is 2. The highest BCUT2D eigenvalue weighted by Crippen LogP contribution is 2.15. The maximum Gasteiger partial charge on any atom is 0.106 e. The number of aromatic nitrogens is 2. The van der Waals surface area contributed by atoms with Gasteiger partial charge in [0.05, 0.1) is 11.0 Å². The summed E-state index contributed by atoms with van der Waals surface area (Å²) in [4.78, 5) is 4.59. The molecular formula is C17H19N3. The molecule has 102 valence electrons. The molecule has 1 heterocycles. The number of anilines is 1. The van der Waals surface area contributed by atoms with E-state index in [1.807, 2.05) is 6.07 Å². The zero-order chi connectivity index (χ0) is 13.9. The molecule has 3 nitrogen and oxygen atoms in total. The second kappa shape index (κ2) is 5.37. The number of para-hydroxylation sites is 2. The van der Waals surface area contributed by atoms with Crippen molar-refractivity contribution in [1.82, 2.24) is 9.55 Å². The molecule has 0 amide bonds. The number of hydrogen-bond acceptors (Lipinski definition) is 2. The first kappa shape index (κ1) is 12.7. The second-order valence-corrected chi connectivity index (χ2v) is 5.09. The fraction of sp³-hybridized carbons (Fsp3) is 0.235. The lowest BCUT2D eigenvalue weighted by Crippen LogP contribution is -2.11. The Hall–Kier alpha value is -2.29. The zero-order valence-corrected chi connectivity index (χ0v) is 11.9. The summed E-state index contributed by atoms with van der Waals surface area (Å²) in [5, 5.41) is 3.45. The Morgan fingerprint density at radius 3 is 2.55 bits per heavy atom. The smallest absolute Gasteiger partial charge is 0.106 e. The van der Waals surface area contributed by atoms with Gasteiger partial charge < -0.3 is 9.88 Å². The lowest BCUT2D eigenvalue weighted by molar-refractivity contribution is 0.721. The van der Waals surface area contributed by atoms with E-state index in [1.54, 1.807) is 0 Å². The van der Waals surface area contributed by atoms with E-state index in [-0.39, 0.29) is 0 Å². The van der Waals surface area contributed by atoms with E-state index in [2.05, 4.69) is 71.2 Å². The van der Waals surface area contributed by atoms with Crippen LogP contribution in [0.25, 0.3) is 11.0 Å². The van der Waals surface area contributed by atoms with E-state index in [1.165, 1.54) is 11.1 Å². The van der Waals surface area contributed by atoms with Crippen LogP contribution in [0.2, 0.25) is 0 Å². The van der Waals surface area contributed by atoms with Gasteiger partial charge in [0, 0.05) is 18.8 Å². The van der Waals surface area contributed by atoms with Gasteiger partial charge in [-0.15, -0.1) is 0 Å². The number of imidazole rings is 1. The summed E-state index contributed by atoms with van der Waals surface area (Å²) in [7, 11) is 0. The fourth-order valence-electron chi connectivity index (χ4n) is 2.46. The van der Waals surface area contributed by atoms with E-state index in [0.717, 1.165) is 30.1 Å². The Morgan fingerprint density at radius 2 is 1.75 bits per heavy atom. The quantitative estimate of drug-likeness (QED) is 0.778. The monoisotopic (exact) mass is 265 g/mol. The lowest BCUT2D eigenvalue weighted by Gasteiger charge is -2.09. The molecule has 0 atom stereocenters. The SMILES string of the molecule is Cc1ccc(NCCn2c(C)nc3ccccc32)cc1. The van der Waals surface area contributed by atoms with Crippen LogP contribution in [0.4, 0.5) is 5.69 Å². The van der Waals surface area contributed by atoms with Crippen molar-refractivity contribution >= 4 is 16.7 Å². The minimum Gasteiger partial charge on any atom is -0.383 e. The standard InChI is InChI=1S/C17H19N3/c1-13-7-9-15(10-8-13)18-11-12-20-14(2)19-16-5-3-4-6-17(16)20/h3-10,18H,11-12H2,1-2H3. The number of rotatable bonds is 4. The average Bonchev–Trinajstić information content (AvgIpc) is 2.77. The Labute approximate surface area is 119 Å². The Morgan fingerprint density at radius 1 is 1.00 bits per heavy atom. The number of nitrogens with zero attached hydrogens (tertiary/aromatic N) is 2. The molecule has 0 fully saturated rings. The van der Waals surface area contributed by atoms with E-state index < -0.39 is 0 Å². The van der Waals surface area contributed by atoms with Gasteiger partial charge in [-0.1, -0.05) is 29.8 Å². The van der Waals surface area contributed by atoms with Gasteiger partial charge in [-0.2, -0.15) is 0 Å². The Bertz CT molecular complexity index is 711. The summed E-state index contributed by atoms with van der Waals surface area (Å²) < 4.78 is 2.26. The van der Waals surface area contributed by atoms with Crippen LogP contribution in [0.15, 0.2) is 48.5 Å². The van der Waals surface area contributed by atoms with Gasteiger partial charge in [0.1, 0.15) is 5.82 Å². The van der Waals surface area contributed by atoms with Crippen LogP contribution in [-0.4, -0.2) is 16.1 Å². The summed E-state index contributed by atoms with van der Waals surface area (Å²) in [5.74, 6) is 1.07. The summed E-state index contributed by atoms with van der Waals surface area (Å²) in [6, 6.07) is 16.8. The van der Waals surface area contributed by atoms with Crippen molar-refractivity contribution in [1.29, 1.82) is 0 Å². The third-order valence-corrected chi connectivity index (χ3v) is 3.56. The molecule has 3 heteroatoms. The molecule has 0 unspecified atom stereocenters. The molecule has 0 aliphatic rings. The van der Waals surface area contributed by atoms with Crippen molar-refractivity contribution in [2.75, 3.05) is 11.9 Å². The molecule has 1 N–H and O–H groups in total. The molecule has 0 bridgehead atoms. The molecule has 2 aromatic carbocycles. The highest BCUT2D eigenvalue weighted by atomic mass is 15.1. The molecule has 0 aliphatic heterocycles. The summed E-state index contributed by atoms with van der Waals surface area (Å²) >= 11 is 0. The highest BCUT2D eigenvalue weighted by molar-refractivity contribution is 5.75. The number of hydrogen-bond donors (Lipinski definition) is 1. The van der Waals surface area contributed by atoms with Crippen molar-refractivity contribution in [3.8, 4) is 0 Å². The van der Waals surface area contributed by atoms with Gasteiger partial charge >= 0.3 is 0 Å². The molecule has 0 saturated carbocycles. The summed E-state index contributed by atoms with van der Waals surface area (Å²) in [6.07, 6.45) is 0. The zero-order valence-electron chi connectivity index (χ0n) is 11.9. The van der Waals surface area contributed by atoms with Crippen LogP contribution in [0, 0.1) is 13.8 Å². The highest BCUT2D eigenvalue weighted by Gasteiger charge is 2.05. The van der Waals surface area contributed by atoms with Crippen LogP contribution < -0.4 is 5.32 Å². The minimum atomic E-state index is 0.893. The molecular weight excluding hydrogens is 246 g/mol. The van der Waals surface area contributed by atoms with Crippen molar-refractivity contribution in [3.05, 3.63) is 59.9 Å². The Balaban J connectivity index is 1.71. The predicted molar refractivity (Wildman–Crippen MR) is 84.1 cm³/mol. The first-order valence-electron chi connectivity index (χ1n) is 6.96. The van der Waals surface area contributed by atoms with Crippen LogP contribution >= 0.6 is 0 Å². The third-order valence-electron chi connectivity index (χ3n) is 3.56. The molecule has 0 spiro atoms. The lowest BCUT2D eigenvalue weighted by atomic mass is 10.2. The predicted octanol–water partition coefficient (Wildman–Crippen LogP) is 3.77. The van der Waals surface area contributed by atoms with Gasteiger partial charge in [-0.25, -0.2) is 4.98 Å². The topological polar surface area (TPSA) is 29.9 Å². The molecule has 0 saturated heterocycles. The first-order chi connectivity index (χ1) is 9.74. The molecule has 1 aromatic heterocycles. The van der Waals surface area contributed by atoms with E-state index >= 15 is 0 Å². The fourth-order valence-corrected chi connectivity index (χ4v) is 2.46. The van der Waals surface area contributed by atoms with Crippen molar-refractivity contribution < 1.29 is 0 Å². The number of aryl methyl sites for hydroxylation is 2. The van der Waals surface area contributed by atoms with Gasteiger partial charge in [0.25, 0.3) is 0 Å². The maximum absolute atomic E-state index is 4.59. The summed E-state index contributed by atoms with van der Waals surface area (Å²) in [6.45, 7) is 5.97. The van der Waals surface area contributed by atoms with E-state index in [4.69, 9.17) is 0 Å². The minimum absolute atomic E-state index is 0.893. The molecule has 3 rings (SSSR count). The molecule has 0 aliphatic carbocycles. The van der Waals surface area contributed by atoms with E-state index in [0.29, 0.717) is 0 Å². The van der Waals surface area contributed by atoms with Gasteiger partial charge in [-0.3, -0.25) is 0 Å². The van der Waals surface area contributed by atoms with Crippen LogP contribution in [-0.2, 0) is 6.54 Å². The van der Waals surface area contributed by atoms with Crippen molar-refractivity contribution in [3.63, 3.8) is 0 Å². The number of fused-ring (bicyclic) bond motifs is 1. The third kappa shape index (κ3) is 2.52. The Kier molecular flexibility index (Phi) is 3.42. The molecule has 3 aromatic rings. The van der Waals surface area contributed by atoms with Gasteiger partial charge in [0.15, 0.2) is 0 Å². The average molecular weight is 265 g/mol. The van der Waals surface area contributed by atoms with Gasteiger partial charge in [-0.05, 0) is 38.1 Å². The normalized spacial score (nSPS) is 10.9. The largest absolute Gasteiger partial charge is 0.383 e. The van der Waals surface area contributed by atoms with Crippen LogP contribution in [0.5, 0.6) is 0 Å². The second-order valence-electron chi connectivity index (χ2n) is 5.09. The van der Waals surface area contributed by atoms with Crippen LogP contribution in [0.1, 0.15) is 11.4 Å². The van der Waals surface area contributed by atoms with Gasteiger partial charge in [0.2, 0.25) is 0 Å². The maximum atomic E-state index is 4.59. The molecule has 0 radical (unpaired) electrons. The summed E-state index contributed by atoms with van der Waals surface area (Å²) in [5.41, 5.74) is 4.72. The van der Waals surface area contributed by atoms with Crippen LogP contribution in [0.3, 0.4) is 0 Å².